The summed E-state index contributed by atoms with van der Waals surface area (Å²) >= 11 is 0. The van der Waals surface area contributed by atoms with Crippen molar-refractivity contribution in [1.82, 2.24) is 0 Å². The first-order valence-electron chi connectivity index (χ1n) is 9.21. The molecule has 2 fully saturated rings. The number of aromatic hydroxyl groups is 1. The van der Waals surface area contributed by atoms with Gasteiger partial charge in [-0.05, 0) is 91.9 Å². The summed E-state index contributed by atoms with van der Waals surface area (Å²) in [6.07, 6.45) is 6.52. The molecule has 0 heterocycles. The first kappa shape index (κ1) is 15.3. The number of hydrogen-bond acceptors (Lipinski definition) is 3. The van der Waals surface area contributed by atoms with Crippen LogP contribution in [-0.2, 0) is 6.42 Å². The number of aliphatic hydroxyl groups is 1. The van der Waals surface area contributed by atoms with E-state index in [0.29, 0.717) is 30.1 Å². The fourth-order valence-electron chi connectivity index (χ4n) is 5.83. The summed E-state index contributed by atoms with van der Waals surface area (Å²) < 4.78 is 5.62. The summed E-state index contributed by atoms with van der Waals surface area (Å²) in [5.41, 5.74) is 2.82. The van der Waals surface area contributed by atoms with Crippen molar-refractivity contribution in [2.75, 3.05) is 6.61 Å². The molecule has 126 valence electrons. The highest BCUT2D eigenvalue weighted by atomic mass is 16.5. The zero-order valence-electron chi connectivity index (χ0n) is 14.2. The molecule has 1 aromatic carbocycles. The van der Waals surface area contributed by atoms with Gasteiger partial charge in [-0.1, -0.05) is 6.92 Å². The second-order valence-corrected chi connectivity index (χ2v) is 8.00. The number of fused-ring (bicyclic) bond motifs is 5. The van der Waals surface area contributed by atoms with Gasteiger partial charge in [0.1, 0.15) is 0 Å². The summed E-state index contributed by atoms with van der Waals surface area (Å²) in [6.45, 7) is 4.84. The molecular formula is C20H28O3. The van der Waals surface area contributed by atoms with Crippen LogP contribution < -0.4 is 4.74 Å². The number of rotatable bonds is 2. The van der Waals surface area contributed by atoms with Crippen molar-refractivity contribution >= 4 is 0 Å². The van der Waals surface area contributed by atoms with Gasteiger partial charge in [0.15, 0.2) is 11.5 Å². The van der Waals surface area contributed by atoms with Crippen molar-refractivity contribution in [3.05, 3.63) is 23.3 Å². The van der Waals surface area contributed by atoms with Gasteiger partial charge in [0.25, 0.3) is 0 Å². The molecule has 0 aliphatic heterocycles. The minimum absolute atomic E-state index is 0.117. The predicted octanol–water partition coefficient (Wildman–Crippen LogP) is 4.01. The number of aryl methyl sites for hydroxylation is 1. The van der Waals surface area contributed by atoms with Gasteiger partial charge in [-0.2, -0.15) is 0 Å². The third kappa shape index (κ3) is 2.20. The summed E-state index contributed by atoms with van der Waals surface area (Å²) in [5.74, 6) is 2.81. The molecule has 0 radical (unpaired) electrons. The van der Waals surface area contributed by atoms with E-state index in [0.717, 1.165) is 25.7 Å². The van der Waals surface area contributed by atoms with E-state index >= 15 is 0 Å². The lowest BCUT2D eigenvalue weighted by Gasteiger charge is -2.50. The quantitative estimate of drug-likeness (QED) is 0.867. The average molecular weight is 316 g/mol. The molecule has 0 amide bonds. The Labute approximate surface area is 138 Å². The summed E-state index contributed by atoms with van der Waals surface area (Å²) in [4.78, 5) is 0. The molecular weight excluding hydrogens is 288 g/mol. The maximum atomic E-state index is 10.5. The third-order valence-electron chi connectivity index (χ3n) is 7.05. The molecule has 0 saturated heterocycles. The summed E-state index contributed by atoms with van der Waals surface area (Å²) in [6, 6.07) is 4.02. The van der Waals surface area contributed by atoms with Gasteiger partial charge in [0.2, 0.25) is 0 Å². The number of ether oxygens (including phenoxy) is 1. The van der Waals surface area contributed by atoms with E-state index in [-0.39, 0.29) is 17.3 Å². The molecule has 0 spiro atoms. The van der Waals surface area contributed by atoms with E-state index in [1.165, 1.54) is 24.0 Å². The van der Waals surface area contributed by atoms with Crippen molar-refractivity contribution in [3.63, 3.8) is 0 Å². The Morgan fingerprint density at radius 1 is 1.22 bits per heavy atom. The van der Waals surface area contributed by atoms with E-state index in [4.69, 9.17) is 4.74 Å². The molecule has 1 aromatic rings. The monoisotopic (exact) mass is 316 g/mol. The van der Waals surface area contributed by atoms with Gasteiger partial charge in [0.05, 0.1) is 12.7 Å². The van der Waals surface area contributed by atoms with Crippen molar-refractivity contribution in [2.24, 2.45) is 17.3 Å². The predicted molar refractivity (Wildman–Crippen MR) is 89.9 cm³/mol. The van der Waals surface area contributed by atoms with Crippen molar-refractivity contribution < 1.29 is 14.9 Å². The Morgan fingerprint density at radius 2 is 2.04 bits per heavy atom. The first-order chi connectivity index (χ1) is 11.0. The zero-order valence-corrected chi connectivity index (χ0v) is 14.2. The Morgan fingerprint density at radius 3 is 2.83 bits per heavy atom. The lowest BCUT2D eigenvalue weighted by Crippen LogP contribution is -2.43. The van der Waals surface area contributed by atoms with E-state index in [9.17, 15) is 10.2 Å². The van der Waals surface area contributed by atoms with Gasteiger partial charge in [-0.3, -0.25) is 0 Å². The molecule has 3 nitrogen and oxygen atoms in total. The standard InChI is InChI=1S/C20H28O3/c1-3-23-18-11-15-12(10-17(18)21)4-5-14-13(15)8-9-20(2)16(14)6-7-19(20)22/h10-11,13-14,16,19,21-22H,3-9H2,1-2H3/t13-,14+,16+,19-,20+/m0/s1. The van der Waals surface area contributed by atoms with Crippen LogP contribution in [0.2, 0.25) is 0 Å². The van der Waals surface area contributed by atoms with Crippen LogP contribution in [0.15, 0.2) is 12.1 Å². The molecule has 0 bridgehead atoms. The number of phenols is 1. The van der Waals surface area contributed by atoms with Crippen LogP contribution in [-0.4, -0.2) is 22.9 Å². The molecule has 3 aliphatic carbocycles. The van der Waals surface area contributed by atoms with Crippen molar-refractivity contribution in [2.45, 2.75) is 64.4 Å². The Balaban J connectivity index is 1.70. The maximum Gasteiger partial charge on any atom is 0.161 e. The van der Waals surface area contributed by atoms with Crippen molar-refractivity contribution in [3.8, 4) is 11.5 Å². The lowest BCUT2D eigenvalue weighted by atomic mass is 9.55. The van der Waals surface area contributed by atoms with Gasteiger partial charge >= 0.3 is 0 Å². The average Bonchev–Trinajstić information content (AvgIpc) is 2.84. The van der Waals surface area contributed by atoms with Crippen LogP contribution in [0.1, 0.15) is 63.0 Å². The van der Waals surface area contributed by atoms with E-state index in [1.54, 1.807) is 0 Å². The number of benzene rings is 1. The molecule has 4 rings (SSSR count). The van der Waals surface area contributed by atoms with Crippen LogP contribution >= 0.6 is 0 Å². The second-order valence-electron chi connectivity index (χ2n) is 8.00. The van der Waals surface area contributed by atoms with Gasteiger partial charge in [-0.15, -0.1) is 0 Å². The van der Waals surface area contributed by atoms with Crippen molar-refractivity contribution in [1.29, 1.82) is 0 Å². The lowest BCUT2D eigenvalue weighted by molar-refractivity contribution is -0.0226. The Kier molecular flexibility index (Phi) is 3.60. The van der Waals surface area contributed by atoms with Crippen LogP contribution in [0.5, 0.6) is 11.5 Å². The first-order valence-corrected chi connectivity index (χ1v) is 9.21. The van der Waals surface area contributed by atoms with Crippen LogP contribution in [0.4, 0.5) is 0 Å². The molecule has 0 aromatic heterocycles. The largest absolute Gasteiger partial charge is 0.504 e. The highest BCUT2D eigenvalue weighted by Gasteiger charge is 2.54. The van der Waals surface area contributed by atoms with Gasteiger partial charge in [0, 0.05) is 0 Å². The molecule has 5 atom stereocenters. The van der Waals surface area contributed by atoms with E-state index in [1.807, 2.05) is 13.0 Å². The molecule has 3 heteroatoms. The summed E-state index contributed by atoms with van der Waals surface area (Å²) in [7, 11) is 0. The van der Waals surface area contributed by atoms with Crippen LogP contribution in [0, 0.1) is 17.3 Å². The second kappa shape index (κ2) is 5.41. The third-order valence-corrected chi connectivity index (χ3v) is 7.05. The fraction of sp³-hybridized carbons (Fsp3) is 0.700. The van der Waals surface area contributed by atoms with E-state index in [2.05, 4.69) is 13.0 Å². The van der Waals surface area contributed by atoms with Crippen LogP contribution in [0.25, 0.3) is 0 Å². The highest BCUT2D eigenvalue weighted by molar-refractivity contribution is 5.49. The van der Waals surface area contributed by atoms with Crippen LogP contribution in [0.3, 0.4) is 0 Å². The van der Waals surface area contributed by atoms with E-state index < -0.39 is 0 Å². The number of phenolic OH excluding ortho intramolecular Hbond substituents is 1. The summed E-state index contributed by atoms with van der Waals surface area (Å²) in [5, 5.41) is 20.6. The highest BCUT2D eigenvalue weighted by Crippen LogP contribution is 2.61. The fourth-order valence-corrected chi connectivity index (χ4v) is 5.83. The molecule has 2 N–H and O–H groups in total. The van der Waals surface area contributed by atoms with Gasteiger partial charge < -0.3 is 14.9 Å². The molecule has 2 saturated carbocycles. The Bertz CT molecular complexity index is 611. The smallest absolute Gasteiger partial charge is 0.161 e. The minimum Gasteiger partial charge on any atom is -0.504 e. The molecule has 0 unspecified atom stereocenters. The molecule has 23 heavy (non-hydrogen) atoms. The maximum absolute atomic E-state index is 10.5. The normalized spacial score (nSPS) is 38.6. The molecule has 3 aliphatic rings. The number of aliphatic hydroxyl groups excluding tert-OH is 1. The van der Waals surface area contributed by atoms with Gasteiger partial charge in [-0.25, -0.2) is 0 Å². The minimum atomic E-state index is -0.117. The Hall–Kier alpha value is -1.22. The number of hydrogen-bond donors (Lipinski definition) is 2. The topological polar surface area (TPSA) is 49.7 Å². The zero-order chi connectivity index (χ0) is 16.2. The SMILES string of the molecule is CCOc1cc2c(cc1O)CC[C@@H]1[C@@H]2CC[C@]2(C)[C@@H]1CC[C@@H]2O.